The minimum absolute atomic E-state index is 0.0993. The zero-order valence-electron chi connectivity index (χ0n) is 19.8. The molecule has 0 unspecified atom stereocenters. The van der Waals surface area contributed by atoms with E-state index in [4.69, 9.17) is 14.7 Å². The van der Waals surface area contributed by atoms with Gasteiger partial charge in [0.25, 0.3) is 0 Å². The summed E-state index contributed by atoms with van der Waals surface area (Å²) in [6, 6.07) is 9.13. The van der Waals surface area contributed by atoms with Crippen LogP contribution in [0.4, 0.5) is 8.78 Å². The van der Waals surface area contributed by atoms with Crippen LogP contribution in [0, 0.1) is 34.8 Å². The Morgan fingerprint density at radius 1 is 0.941 bits per heavy atom. The first-order chi connectivity index (χ1) is 16.5. The largest absolute Gasteiger partial charge is 0.493 e. The molecule has 4 nitrogen and oxygen atoms in total. The first kappa shape index (κ1) is 25.7. The van der Waals surface area contributed by atoms with Gasteiger partial charge in [-0.2, -0.15) is 5.26 Å². The number of rotatable bonds is 11. The predicted octanol–water partition coefficient (Wildman–Crippen LogP) is 7.60. The van der Waals surface area contributed by atoms with Crippen molar-refractivity contribution < 1.29 is 23.0 Å². The van der Waals surface area contributed by atoms with Gasteiger partial charge in [0.05, 0.1) is 17.7 Å². The fourth-order valence-electron chi connectivity index (χ4n) is 4.50. The molecule has 2 aromatic carbocycles. The summed E-state index contributed by atoms with van der Waals surface area (Å²) in [6.07, 6.45) is 12.7. The van der Waals surface area contributed by atoms with Crippen LogP contribution in [0.1, 0.15) is 87.1 Å². The van der Waals surface area contributed by atoms with Crippen LogP contribution < -0.4 is 9.47 Å². The SMILES string of the molecule is CCCCCCCC1CCC(COc2ccc(C(=O)Oc3ccc(C#N)c(F)c3)c(F)c2)CC1. The van der Waals surface area contributed by atoms with Gasteiger partial charge in [-0.3, -0.25) is 0 Å². The molecule has 1 aliphatic carbocycles. The van der Waals surface area contributed by atoms with E-state index in [1.165, 1.54) is 75.6 Å². The third-order valence-electron chi connectivity index (χ3n) is 6.60. The van der Waals surface area contributed by atoms with Crippen LogP contribution >= 0.6 is 0 Å². The van der Waals surface area contributed by atoms with E-state index in [1.807, 2.05) is 0 Å². The molecule has 2 aromatic rings. The third-order valence-corrected chi connectivity index (χ3v) is 6.60. The van der Waals surface area contributed by atoms with Crippen molar-refractivity contribution in [1.29, 1.82) is 5.26 Å². The monoisotopic (exact) mass is 469 g/mol. The van der Waals surface area contributed by atoms with E-state index < -0.39 is 17.6 Å². The van der Waals surface area contributed by atoms with Crippen molar-refractivity contribution in [2.24, 2.45) is 11.8 Å². The lowest BCUT2D eigenvalue weighted by Crippen LogP contribution is -2.20. The van der Waals surface area contributed by atoms with Gasteiger partial charge in [0.2, 0.25) is 0 Å². The Labute approximate surface area is 200 Å². The minimum atomic E-state index is -0.943. The average Bonchev–Trinajstić information content (AvgIpc) is 2.83. The van der Waals surface area contributed by atoms with Crippen LogP contribution in [0.2, 0.25) is 0 Å². The van der Waals surface area contributed by atoms with Crippen molar-refractivity contribution >= 4 is 5.97 Å². The van der Waals surface area contributed by atoms with E-state index in [0.717, 1.165) is 24.8 Å². The zero-order valence-corrected chi connectivity index (χ0v) is 19.8. The van der Waals surface area contributed by atoms with Gasteiger partial charge in [0, 0.05) is 12.1 Å². The van der Waals surface area contributed by atoms with Crippen molar-refractivity contribution in [3.63, 3.8) is 0 Å². The summed E-state index contributed by atoms with van der Waals surface area (Å²) in [5.41, 5.74) is -0.431. The van der Waals surface area contributed by atoms with Crippen LogP contribution in [0.15, 0.2) is 36.4 Å². The highest BCUT2D eigenvalue weighted by atomic mass is 19.1. The normalized spacial score (nSPS) is 17.7. The molecule has 0 radical (unpaired) electrons. The molecule has 0 bridgehead atoms. The molecule has 0 heterocycles. The molecule has 1 fully saturated rings. The fraction of sp³-hybridized carbons (Fsp3) is 0.500. The molecule has 0 amide bonds. The molecule has 0 aliphatic heterocycles. The third kappa shape index (κ3) is 7.55. The summed E-state index contributed by atoms with van der Waals surface area (Å²) < 4.78 is 39.1. The average molecular weight is 470 g/mol. The molecular formula is C28H33F2NO3. The molecule has 0 atom stereocenters. The lowest BCUT2D eigenvalue weighted by atomic mass is 9.80. The van der Waals surface area contributed by atoms with Gasteiger partial charge in [-0.25, -0.2) is 13.6 Å². The van der Waals surface area contributed by atoms with Gasteiger partial charge in [-0.1, -0.05) is 58.3 Å². The Balaban J connectivity index is 1.43. The molecule has 6 heteroatoms. The maximum Gasteiger partial charge on any atom is 0.346 e. The van der Waals surface area contributed by atoms with Crippen LogP contribution in [0.3, 0.4) is 0 Å². The summed E-state index contributed by atoms with van der Waals surface area (Å²) >= 11 is 0. The molecule has 0 spiro atoms. The molecule has 3 rings (SSSR count). The van der Waals surface area contributed by atoms with E-state index >= 15 is 0 Å². The smallest absolute Gasteiger partial charge is 0.346 e. The Hall–Kier alpha value is -2.94. The molecule has 1 saturated carbocycles. The van der Waals surface area contributed by atoms with Crippen molar-refractivity contribution in [1.82, 2.24) is 0 Å². The Bertz CT molecular complexity index is 994. The standard InChI is InChI=1S/C28H33F2NO3/c1-2-3-4-5-6-7-20-8-10-21(11-9-20)19-33-23-14-15-25(27(30)16-23)28(32)34-24-13-12-22(18-31)26(29)17-24/h12-17,20-21H,2-11,19H2,1H3. The van der Waals surface area contributed by atoms with E-state index in [1.54, 1.807) is 12.1 Å². The maximum absolute atomic E-state index is 14.5. The van der Waals surface area contributed by atoms with E-state index in [0.29, 0.717) is 18.3 Å². The molecule has 0 saturated heterocycles. The highest BCUT2D eigenvalue weighted by Gasteiger charge is 2.22. The highest BCUT2D eigenvalue weighted by molar-refractivity contribution is 5.91. The number of carbonyl (C=O) groups excluding carboxylic acids is 1. The van der Waals surface area contributed by atoms with Crippen molar-refractivity contribution in [2.45, 2.75) is 71.1 Å². The number of halogens is 2. The molecule has 1 aliphatic rings. The number of nitriles is 1. The topological polar surface area (TPSA) is 59.3 Å². The molecular weight excluding hydrogens is 436 g/mol. The van der Waals surface area contributed by atoms with Gasteiger partial charge in [-0.05, 0) is 48.9 Å². The summed E-state index contributed by atoms with van der Waals surface area (Å²) in [4.78, 5) is 12.3. The number of ether oxygens (including phenoxy) is 2. The summed E-state index contributed by atoms with van der Waals surface area (Å²) in [6.45, 7) is 2.78. The van der Waals surface area contributed by atoms with Gasteiger partial charge in [0.15, 0.2) is 0 Å². The second-order valence-corrected chi connectivity index (χ2v) is 9.19. The molecule has 0 N–H and O–H groups in total. The van der Waals surface area contributed by atoms with Gasteiger partial charge in [-0.15, -0.1) is 0 Å². The predicted molar refractivity (Wildman–Crippen MR) is 127 cm³/mol. The Kier molecular flexibility index (Phi) is 9.88. The number of esters is 1. The Morgan fingerprint density at radius 2 is 1.62 bits per heavy atom. The summed E-state index contributed by atoms with van der Waals surface area (Å²) in [5.74, 6) is -0.947. The van der Waals surface area contributed by atoms with Gasteiger partial charge < -0.3 is 9.47 Å². The van der Waals surface area contributed by atoms with Crippen molar-refractivity contribution in [3.8, 4) is 17.6 Å². The van der Waals surface area contributed by atoms with Crippen LogP contribution in [0.5, 0.6) is 11.5 Å². The van der Waals surface area contributed by atoms with Crippen molar-refractivity contribution in [3.05, 3.63) is 59.2 Å². The van der Waals surface area contributed by atoms with Crippen LogP contribution in [-0.2, 0) is 0 Å². The molecule has 34 heavy (non-hydrogen) atoms. The summed E-state index contributed by atoms with van der Waals surface area (Å²) in [7, 11) is 0. The number of hydrogen-bond donors (Lipinski definition) is 0. The second kappa shape index (κ2) is 13.1. The molecule has 0 aromatic heterocycles. The fourth-order valence-corrected chi connectivity index (χ4v) is 4.50. The van der Waals surface area contributed by atoms with Crippen LogP contribution in [0.25, 0.3) is 0 Å². The zero-order chi connectivity index (χ0) is 24.3. The lowest BCUT2D eigenvalue weighted by molar-refractivity contribution is 0.0729. The van der Waals surface area contributed by atoms with Gasteiger partial charge in [0.1, 0.15) is 29.2 Å². The number of hydrogen-bond acceptors (Lipinski definition) is 4. The minimum Gasteiger partial charge on any atom is -0.493 e. The first-order valence-corrected chi connectivity index (χ1v) is 12.3. The first-order valence-electron chi connectivity index (χ1n) is 12.3. The summed E-state index contributed by atoms with van der Waals surface area (Å²) in [5, 5.41) is 8.77. The number of nitrogens with zero attached hydrogens (tertiary/aromatic N) is 1. The van der Waals surface area contributed by atoms with Crippen molar-refractivity contribution in [2.75, 3.05) is 6.61 Å². The van der Waals surface area contributed by atoms with E-state index in [2.05, 4.69) is 6.92 Å². The highest BCUT2D eigenvalue weighted by Crippen LogP contribution is 2.32. The van der Waals surface area contributed by atoms with E-state index in [-0.39, 0.29) is 16.9 Å². The molecule has 182 valence electrons. The lowest BCUT2D eigenvalue weighted by Gasteiger charge is -2.28. The van der Waals surface area contributed by atoms with Gasteiger partial charge >= 0.3 is 5.97 Å². The quantitative estimate of drug-likeness (QED) is 0.193. The van der Waals surface area contributed by atoms with Crippen LogP contribution in [-0.4, -0.2) is 12.6 Å². The Morgan fingerprint density at radius 3 is 2.29 bits per heavy atom. The second-order valence-electron chi connectivity index (χ2n) is 9.19. The maximum atomic E-state index is 14.5. The number of carbonyl (C=O) groups is 1. The number of benzene rings is 2. The number of unbranched alkanes of at least 4 members (excludes halogenated alkanes) is 4. The van der Waals surface area contributed by atoms with E-state index in [9.17, 15) is 13.6 Å².